The topological polar surface area (TPSA) is 55.8 Å². The van der Waals surface area contributed by atoms with Gasteiger partial charge in [0.05, 0.1) is 23.6 Å². The van der Waals surface area contributed by atoms with E-state index in [2.05, 4.69) is 15.9 Å². The van der Waals surface area contributed by atoms with Gasteiger partial charge >= 0.3 is 0 Å². The predicted molar refractivity (Wildman–Crippen MR) is 85.6 cm³/mol. The van der Waals surface area contributed by atoms with Crippen molar-refractivity contribution in [1.82, 2.24) is 4.90 Å². The van der Waals surface area contributed by atoms with E-state index in [0.717, 1.165) is 17.3 Å². The Morgan fingerprint density at radius 1 is 1.29 bits per heavy atom. The molecule has 5 nitrogen and oxygen atoms in total. The van der Waals surface area contributed by atoms with E-state index in [9.17, 15) is 9.59 Å². The molecule has 7 heteroatoms. The lowest BCUT2D eigenvalue weighted by molar-refractivity contribution is -0.122. The molecule has 1 heterocycles. The standard InChI is InChI=1S/C14H14BrNO4S/c1-4-16-13(17)11(21-14(16)18)7-8-5-9(15)12(20-3)10(6-8)19-2/h5-7H,4H2,1-3H3/b11-7-. The maximum atomic E-state index is 12.1. The number of methoxy groups -OCH3 is 2. The molecular formula is C14H14BrNO4S. The molecule has 0 aromatic heterocycles. The van der Waals surface area contributed by atoms with Gasteiger partial charge in [0.2, 0.25) is 0 Å². The van der Waals surface area contributed by atoms with E-state index in [4.69, 9.17) is 9.47 Å². The second-order valence-electron chi connectivity index (χ2n) is 4.16. The molecule has 0 saturated carbocycles. The molecule has 0 spiro atoms. The summed E-state index contributed by atoms with van der Waals surface area (Å²) in [6.45, 7) is 2.14. The van der Waals surface area contributed by atoms with Crippen LogP contribution < -0.4 is 9.47 Å². The van der Waals surface area contributed by atoms with Crippen LogP contribution in [0.15, 0.2) is 21.5 Å². The molecule has 1 aromatic rings. The van der Waals surface area contributed by atoms with Gasteiger partial charge in [0.25, 0.3) is 11.1 Å². The molecule has 1 aliphatic rings. The Morgan fingerprint density at radius 2 is 2.00 bits per heavy atom. The van der Waals surface area contributed by atoms with Gasteiger partial charge in [-0.3, -0.25) is 14.5 Å². The van der Waals surface area contributed by atoms with Crippen molar-refractivity contribution in [1.29, 1.82) is 0 Å². The highest BCUT2D eigenvalue weighted by Crippen LogP contribution is 2.38. The summed E-state index contributed by atoms with van der Waals surface area (Å²) in [6.07, 6.45) is 1.67. The van der Waals surface area contributed by atoms with Crippen molar-refractivity contribution in [2.45, 2.75) is 6.92 Å². The van der Waals surface area contributed by atoms with Crippen molar-refractivity contribution >= 4 is 44.9 Å². The number of thioether (sulfide) groups is 1. The maximum Gasteiger partial charge on any atom is 0.293 e. The van der Waals surface area contributed by atoms with Crippen LogP contribution in [0.2, 0.25) is 0 Å². The summed E-state index contributed by atoms with van der Waals surface area (Å²) in [6, 6.07) is 3.56. The highest BCUT2D eigenvalue weighted by molar-refractivity contribution is 9.10. The average molecular weight is 372 g/mol. The van der Waals surface area contributed by atoms with Gasteiger partial charge in [-0.05, 0) is 58.4 Å². The molecule has 0 N–H and O–H groups in total. The zero-order chi connectivity index (χ0) is 15.6. The lowest BCUT2D eigenvalue weighted by Crippen LogP contribution is -2.27. The molecule has 1 saturated heterocycles. The molecule has 0 radical (unpaired) electrons. The first-order valence-electron chi connectivity index (χ1n) is 6.18. The quantitative estimate of drug-likeness (QED) is 0.757. The Balaban J connectivity index is 2.40. The number of amides is 2. The number of hydrogen-bond donors (Lipinski definition) is 0. The second kappa shape index (κ2) is 6.53. The third kappa shape index (κ3) is 3.08. The smallest absolute Gasteiger partial charge is 0.293 e. The molecule has 1 aliphatic heterocycles. The first kappa shape index (κ1) is 15.9. The van der Waals surface area contributed by atoms with Crippen LogP contribution in [-0.4, -0.2) is 36.8 Å². The molecule has 1 fully saturated rings. The van der Waals surface area contributed by atoms with Gasteiger partial charge in [-0.15, -0.1) is 0 Å². The molecule has 0 atom stereocenters. The molecule has 0 aliphatic carbocycles. The minimum atomic E-state index is -0.265. The van der Waals surface area contributed by atoms with Crippen molar-refractivity contribution in [2.24, 2.45) is 0 Å². The van der Waals surface area contributed by atoms with Gasteiger partial charge in [-0.2, -0.15) is 0 Å². The number of carbonyl (C=O) groups is 2. The highest BCUT2D eigenvalue weighted by atomic mass is 79.9. The number of ether oxygens (including phenoxy) is 2. The van der Waals surface area contributed by atoms with Gasteiger partial charge in [0.1, 0.15) is 0 Å². The molecule has 2 amide bonds. The summed E-state index contributed by atoms with van der Waals surface area (Å²) in [5, 5.41) is -0.242. The van der Waals surface area contributed by atoms with E-state index in [1.165, 1.54) is 4.90 Å². The summed E-state index contributed by atoms with van der Waals surface area (Å²) in [4.78, 5) is 25.4. The second-order valence-corrected chi connectivity index (χ2v) is 6.01. The summed E-state index contributed by atoms with van der Waals surface area (Å²) in [5.74, 6) is 0.863. The molecule has 0 bridgehead atoms. The van der Waals surface area contributed by atoms with E-state index in [1.807, 2.05) is 0 Å². The van der Waals surface area contributed by atoms with Gasteiger partial charge in [0, 0.05) is 6.54 Å². The van der Waals surface area contributed by atoms with Crippen LogP contribution in [-0.2, 0) is 4.79 Å². The number of imide groups is 1. The minimum absolute atomic E-state index is 0.242. The van der Waals surface area contributed by atoms with Crippen molar-refractivity contribution in [2.75, 3.05) is 20.8 Å². The first-order valence-corrected chi connectivity index (χ1v) is 7.79. The van der Waals surface area contributed by atoms with Crippen LogP contribution in [0.1, 0.15) is 12.5 Å². The Morgan fingerprint density at radius 3 is 2.52 bits per heavy atom. The monoisotopic (exact) mass is 371 g/mol. The zero-order valence-corrected chi connectivity index (χ0v) is 14.2. The lowest BCUT2D eigenvalue weighted by Gasteiger charge is -2.10. The van der Waals surface area contributed by atoms with Crippen molar-refractivity contribution in [3.63, 3.8) is 0 Å². The van der Waals surface area contributed by atoms with Crippen molar-refractivity contribution in [3.05, 3.63) is 27.1 Å². The fraction of sp³-hybridized carbons (Fsp3) is 0.286. The number of hydrogen-bond acceptors (Lipinski definition) is 5. The summed E-state index contributed by atoms with van der Waals surface area (Å²) >= 11 is 4.34. The van der Waals surface area contributed by atoms with Crippen LogP contribution in [0.4, 0.5) is 4.79 Å². The number of nitrogens with zero attached hydrogens (tertiary/aromatic N) is 1. The van der Waals surface area contributed by atoms with Crippen molar-refractivity contribution in [3.8, 4) is 11.5 Å². The van der Waals surface area contributed by atoms with E-state index < -0.39 is 0 Å². The van der Waals surface area contributed by atoms with E-state index >= 15 is 0 Å². The largest absolute Gasteiger partial charge is 0.493 e. The summed E-state index contributed by atoms with van der Waals surface area (Å²) < 4.78 is 11.2. The average Bonchev–Trinajstić information content (AvgIpc) is 2.72. The summed E-state index contributed by atoms with van der Waals surface area (Å²) in [5.41, 5.74) is 0.751. The van der Waals surface area contributed by atoms with E-state index in [-0.39, 0.29) is 11.1 Å². The third-order valence-corrected chi connectivity index (χ3v) is 4.44. The molecular weight excluding hydrogens is 358 g/mol. The normalized spacial score (nSPS) is 16.8. The number of rotatable bonds is 4. The maximum absolute atomic E-state index is 12.1. The van der Waals surface area contributed by atoms with Crippen LogP contribution in [0.3, 0.4) is 0 Å². The van der Waals surface area contributed by atoms with Gasteiger partial charge in [-0.1, -0.05) is 0 Å². The van der Waals surface area contributed by atoms with E-state index in [1.54, 1.807) is 39.4 Å². The third-order valence-electron chi connectivity index (χ3n) is 2.94. The Labute approximate surface area is 135 Å². The number of benzene rings is 1. The van der Waals surface area contributed by atoms with Crippen LogP contribution in [0.25, 0.3) is 6.08 Å². The highest BCUT2D eigenvalue weighted by Gasteiger charge is 2.33. The SMILES string of the molecule is CCN1C(=O)S/C(=C\c2cc(Br)c(OC)c(OC)c2)C1=O. The fourth-order valence-electron chi connectivity index (χ4n) is 1.95. The minimum Gasteiger partial charge on any atom is -0.493 e. The molecule has 2 rings (SSSR count). The molecule has 112 valence electrons. The van der Waals surface area contributed by atoms with Crippen LogP contribution >= 0.6 is 27.7 Å². The molecule has 21 heavy (non-hydrogen) atoms. The van der Waals surface area contributed by atoms with E-state index in [0.29, 0.717) is 27.4 Å². The summed E-state index contributed by atoms with van der Waals surface area (Å²) in [7, 11) is 3.09. The first-order chi connectivity index (χ1) is 10.0. The van der Waals surface area contributed by atoms with Gasteiger partial charge in [-0.25, -0.2) is 0 Å². The number of likely N-dealkylation sites (N-methyl/N-ethyl adjacent to an activating group) is 1. The Hall–Kier alpha value is -1.47. The number of carbonyl (C=O) groups excluding carboxylic acids is 2. The Kier molecular flexibility index (Phi) is 4.95. The number of halogens is 1. The zero-order valence-electron chi connectivity index (χ0n) is 11.8. The molecule has 0 unspecified atom stereocenters. The van der Waals surface area contributed by atoms with Crippen molar-refractivity contribution < 1.29 is 19.1 Å². The lowest BCUT2D eigenvalue weighted by atomic mass is 10.2. The van der Waals surface area contributed by atoms with Gasteiger partial charge < -0.3 is 9.47 Å². The van der Waals surface area contributed by atoms with Crippen LogP contribution in [0.5, 0.6) is 11.5 Å². The predicted octanol–water partition coefficient (Wildman–Crippen LogP) is 3.52. The molecule has 1 aromatic carbocycles. The van der Waals surface area contributed by atoms with Crippen LogP contribution in [0, 0.1) is 0 Å². The van der Waals surface area contributed by atoms with Gasteiger partial charge in [0.15, 0.2) is 11.5 Å². The Bertz CT molecular complexity index is 630. The fourth-order valence-corrected chi connectivity index (χ4v) is 3.47.